The van der Waals surface area contributed by atoms with Gasteiger partial charge < -0.3 is 9.15 Å². The van der Waals surface area contributed by atoms with E-state index < -0.39 is 0 Å². The lowest BCUT2D eigenvalue weighted by molar-refractivity contribution is 0.415. The molecule has 0 bridgehead atoms. The highest BCUT2D eigenvalue weighted by Crippen LogP contribution is 2.31. The summed E-state index contributed by atoms with van der Waals surface area (Å²) in [4.78, 5) is 0. The molecular formula is C20H14N4O2. The topological polar surface area (TPSA) is 65.5 Å². The van der Waals surface area contributed by atoms with Crippen molar-refractivity contribution in [2.75, 3.05) is 7.11 Å². The molecule has 0 unspecified atom stereocenters. The van der Waals surface area contributed by atoms with E-state index in [0.717, 1.165) is 27.8 Å². The van der Waals surface area contributed by atoms with Gasteiger partial charge in [0.2, 0.25) is 5.82 Å². The van der Waals surface area contributed by atoms with Gasteiger partial charge in [-0.05, 0) is 36.4 Å². The Balaban J connectivity index is 1.84. The van der Waals surface area contributed by atoms with E-state index in [1.54, 1.807) is 17.9 Å². The molecule has 26 heavy (non-hydrogen) atoms. The fourth-order valence-corrected chi connectivity index (χ4v) is 3.10. The third-order valence-corrected chi connectivity index (χ3v) is 4.37. The number of benzene rings is 2. The van der Waals surface area contributed by atoms with Gasteiger partial charge in [-0.15, -0.1) is 10.2 Å². The molecule has 6 nitrogen and oxygen atoms in total. The maximum absolute atomic E-state index is 5.49. The van der Waals surface area contributed by atoms with Crippen molar-refractivity contribution in [3.63, 3.8) is 0 Å². The highest BCUT2D eigenvalue weighted by molar-refractivity contribution is 6.01. The zero-order valence-electron chi connectivity index (χ0n) is 14.0. The molecule has 2 aromatic carbocycles. The Labute approximate surface area is 148 Å². The smallest absolute Gasteiger partial charge is 0.220 e. The van der Waals surface area contributed by atoms with Crippen LogP contribution < -0.4 is 4.74 Å². The lowest BCUT2D eigenvalue weighted by Gasteiger charge is -2.09. The molecule has 3 heterocycles. The van der Waals surface area contributed by atoms with Crippen molar-refractivity contribution < 1.29 is 9.15 Å². The summed E-state index contributed by atoms with van der Waals surface area (Å²) in [6.45, 7) is 0. The summed E-state index contributed by atoms with van der Waals surface area (Å²) in [5.74, 6) is 2.01. The van der Waals surface area contributed by atoms with E-state index in [1.165, 1.54) is 0 Å². The van der Waals surface area contributed by atoms with E-state index >= 15 is 0 Å². The van der Waals surface area contributed by atoms with Crippen LogP contribution >= 0.6 is 0 Å². The summed E-state index contributed by atoms with van der Waals surface area (Å²) in [5.41, 5.74) is 2.54. The Morgan fingerprint density at radius 2 is 1.69 bits per heavy atom. The van der Waals surface area contributed by atoms with Crippen LogP contribution in [0.2, 0.25) is 0 Å². The summed E-state index contributed by atoms with van der Waals surface area (Å²) in [7, 11) is 1.65. The first-order chi connectivity index (χ1) is 12.8. The van der Waals surface area contributed by atoms with Crippen LogP contribution in [-0.4, -0.2) is 26.9 Å². The summed E-state index contributed by atoms with van der Waals surface area (Å²) >= 11 is 0. The third kappa shape index (κ3) is 2.16. The second-order valence-electron chi connectivity index (χ2n) is 5.86. The van der Waals surface area contributed by atoms with Crippen molar-refractivity contribution in [2.45, 2.75) is 0 Å². The van der Waals surface area contributed by atoms with Crippen molar-refractivity contribution in [1.29, 1.82) is 0 Å². The van der Waals surface area contributed by atoms with E-state index in [4.69, 9.17) is 14.3 Å². The number of hydrogen-bond acceptors (Lipinski definition) is 5. The first kappa shape index (κ1) is 14.7. The molecule has 0 radical (unpaired) electrons. The Hall–Kier alpha value is -3.67. The monoisotopic (exact) mass is 342 g/mol. The second-order valence-corrected chi connectivity index (χ2v) is 5.86. The number of ether oxygens (including phenoxy) is 1. The van der Waals surface area contributed by atoms with Crippen LogP contribution in [0, 0.1) is 0 Å². The Bertz CT molecular complexity index is 1210. The summed E-state index contributed by atoms with van der Waals surface area (Å²) < 4.78 is 12.5. The molecule has 0 saturated heterocycles. The van der Waals surface area contributed by atoms with Crippen LogP contribution in [0.3, 0.4) is 0 Å². The lowest BCUT2D eigenvalue weighted by Crippen LogP contribution is -1.99. The molecule has 0 aliphatic heterocycles. The molecule has 0 aliphatic rings. The Morgan fingerprint density at radius 3 is 2.42 bits per heavy atom. The maximum atomic E-state index is 5.49. The van der Waals surface area contributed by atoms with E-state index in [9.17, 15) is 0 Å². The Kier molecular flexibility index (Phi) is 3.21. The van der Waals surface area contributed by atoms with Crippen molar-refractivity contribution in [2.24, 2.45) is 0 Å². The SMILES string of the molecule is COc1ccc(-c2nn3c(-c4ccco4)nnc3c3ccccc23)cc1. The molecule has 6 heteroatoms. The van der Waals surface area contributed by atoms with E-state index in [-0.39, 0.29) is 0 Å². The van der Waals surface area contributed by atoms with Crippen LogP contribution in [-0.2, 0) is 0 Å². The molecule has 0 N–H and O–H groups in total. The van der Waals surface area contributed by atoms with Gasteiger partial charge in [0.05, 0.1) is 19.1 Å². The fourth-order valence-electron chi connectivity index (χ4n) is 3.10. The highest BCUT2D eigenvalue weighted by Gasteiger charge is 2.17. The zero-order valence-corrected chi connectivity index (χ0v) is 14.0. The molecule has 0 fully saturated rings. The number of nitrogens with zero attached hydrogens (tertiary/aromatic N) is 4. The fraction of sp³-hybridized carbons (Fsp3) is 0.0500. The number of hydrogen-bond donors (Lipinski definition) is 0. The first-order valence-corrected chi connectivity index (χ1v) is 8.17. The minimum absolute atomic E-state index is 0.575. The molecule has 0 saturated carbocycles. The maximum Gasteiger partial charge on any atom is 0.220 e. The van der Waals surface area contributed by atoms with Gasteiger partial charge in [0.15, 0.2) is 11.4 Å². The average molecular weight is 342 g/mol. The molecule has 5 rings (SSSR count). The van der Waals surface area contributed by atoms with Gasteiger partial charge in [-0.3, -0.25) is 0 Å². The first-order valence-electron chi connectivity index (χ1n) is 8.17. The quantitative estimate of drug-likeness (QED) is 0.491. The molecule has 126 valence electrons. The van der Waals surface area contributed by atoms with Gasteiger partial charge >= 0.3 is 0 Å². The standard InChI is InChI=1S/C20H14N4O2/c1-25-14-10-8-13(9-11-14)18-15-5-2-3-6-16(15)19-21-22-20(24(19)23-18)17-7-4-12-26-17/h2-12H,1H3. The van der Waals surface area contributed by atoms with Gasteiger partial charge in [-0.2, -0.15) is 9.61 Å². The molecule has 0 atom stereocenters. The molecule has 3 aromatic heterocycles. The van der Waals surface area contributed by atoms with Gasteiger partial charge in [0.25, 0.3) is 0 Å². The molecule has 0 amide bonds. The number of rotatable bonds is 3. The predicted octanol–water partition coefficient (Wildman–Crippen LogP) is 4.21. The van der Waals surface area contributed by atoms with Crippen molar-refractivity contribution in [3.8, 4) is 28.6 Å². The number of methoxy groups -OCH3 is 1. The number of fused-ring (bicyclic) bond motifs is 3. The van der Waals surface area contributed by atoms with Gasteiger partial charge in [0.1, 0.15) is 5.75 Å². The minimum atomic E-state index is 0.575. The van der Waals surface area contributed by atoms with Crippen molar-refractivity contribution in [3.05, 3.63) is 66.9 Å². The van der Waals surface area contributed by atoms with Crippen molar-refractivity contribution >= 4 is 16.4 Å². The third-order valence-electron chi connectivity index (χ3n) is 4.37. The summed E-state index contributed by atoms with van der Waals surface area (Å²) in [6.07, 6.45) is 1.61. The summed E-state index contributed by atoms with van der Waals surface area (Å²) in [5, 5.41) is 15.5. The minimum Gasteiger partial charge on any atom is -0.497 e. The molecular weight excluding hydrogens is 328 g/mol. The van der Waals surface area contributed by atoms with Crippen LogP contribution in [0.5, 0.6) is 5.75 Å². The van der Waals surface area contributed by atoms with E-state index in [2.05, 4.69) is 10.2 Å². The normalized spacial score (nSPS) is 11.3. The van der Waals surface area contributed by atoms with E-state index in [0.29, 0.717) is 17.2 Å². The van der Waals surface area contributed by atoms with E-state index in [1.807, 2.05) is 60.7 Å². The number of aromatic nitrogens is 4. The van der Waals surface area contributed by atoms with Gasteiger partial charge in [0, 0.05) is 16.3 Å². The van der Waals surface area contributed by atoms with Crippen LogP contribution in [0.4, 0.5) is 0 Å². The average Bonchev–Trinajstić information content (AvgIpc) is 3.37. The van der Waals surface area contributed by atoms with Crippen LogP contribution in [0.25, 0.3) is 39.3 Å². The Morgan fingerprint density at radius 1 is 0.885 bits per heavy atom. The summed E-state index contributed by atoms with van der Waals surface area (Å²) in [6, 6.07) is 19.6. The zero-order chi connectivity index (χ0) is 17.5. The molecule has 5 aromatic rings. The molecule has 0 spiro atoms. The predicted molar refractivity (Wildman–Crippen MR) is 98.0 cm³/mol. The van der Waals surface area contributed by atoms with Gasteiger partial charge in [-0.1, -0.05) is 24.3 Å². The van der Waals surface area contributed by atoms with Crippen molar-refractivity contribution in [1.82, 2.24) is 19.8 Å². The molecule has 0 aliphatic carbocycles. The lowest BCUT2D eigenvalue weighted by atomic mass is 10.0. The largest absolute Gasteiger partial charge is 0.497 e. The number of furan rings is 1. The highest BCUT2D eigenvalue weighted by atomic mass is 16.5. The van der Waals surface area contributed by atoms with Gasteiger partial charge in [-0.25, -0.2) is 0 Å². The van der Waals surface area contributed by atoms with Crippen LogP contribution in [0.1, 0.15) is 0 Å². The second kappa shape index (κ2) is 5.70. The van der Waals surface area contributed by atoms with Crippen LogP contribution in [0.15, 0.2) is 71.3 Å².